The summed E-state index contributed by atoms with van der Waals surface area (Å²) in [5, 5.41) is 21.7. The molecule has 0 aromatic heterocycles. The van der Waals surface area contributed by atoms with Crippen LogP contribution >= 0.6 is 0 Å². The van der Waals surface area contributed by atoms with Gasteiger partial charge in [0.15, 0.2) is 0 Å². The van der Waals surface area contributed by atoms with Gasteiger partial charge in [-0.1, -0.05) is 231 Å². The summed E-state index contributed by atoms with van der Waals surface area (Å²) < 4.78 is 0. The molecule has 2 aliphatic rings. The first-order chi connectivity index (χ1) is 36.2. The van der Waals surface area contributed by atoms with Gasteiger partial charge < -0.3 is 0 Å². The van der Waals surface area contributed by atoms with Gasteiger partial charge in [0.2, 0.25) is 0 Å². The van der Waals surface area contributed by atoms with Crippen molar-refractivity contribution in [1.29, 1.82) is 0 Å². The number of aryl methyl sites for hydroxylation is 5. The molecule has 0 fully saturated rings. The summed E-state index contributed by atoms with van der Waals surface area (Å²) in [6.07, 6.45) is 0. The molecule has 2 aliphatic carbocycles. The highest BCUT2D eigenvalue weighted by Gasteiger charge is 2.24. The second-order valence-electron chi connectivity index (χ2n) is 20.5. The molecule has 0 aliphatic heterocycles. The summed E-state index contributed by atoms with van der Waals surface area (Å²) in [6, 6.07) is 83.7. The summed E-state index contributed by atoms with van der Waals surface area (Å²) >= 11 is 0. The lowest BCUT2D eigenvalue weighted by molar-refractivity contribution is 1.35. The molecule has 74 heavy (non-hydrogen) atoms. The Hall–Kier alpha value is -8.84. The van der Waals surface area contributed by atoms with Crippen molar-refractivity contribution >= 4 is 86.2 Å². The van der Waals surface area contributed by atoms with Crippen LogP contribution in [-0.2, 0) is 0 Å². The lowest BCUT2D eigenvalue weighted by atomic mass is 9.92. The molecule has 14 aromatic rings. The van der Waals surface area contributed by atoms with E-state index >= 15 is 0 Å². The third-order valence-electron chi connectivity index (χ3n) is 16.3. The summed E-state index contributed by atoms with van der Waals surface area (Å²) in [6.45, 7) is 13.2. The summed E-state index contributed by atoms with van der Waals surface area (Å²) in [5.74, 6) is 0. The Morgan fingerprint density at radius 1 is 0.189 bits per heavy atom. The number of hydrogen-bond donors (Lipinski definition) is 0. The van der Waals surface area contributed by atoms with Crippen LogP contribution in [0.2, 0.25) is 0 Å². The molecule has 14 aromatic carbocycles. The van der Waals surface area contributed by atoms with E-state index in [2.05, 4.69) is 272 Å². The third kappa shape index (κ3) is 7.27. The van der Waals surface area contributed by atoms with E-state index in [4.69, 9.17) is 0 Å². The number of hydrogen-bond acceptors (Lipinski definition) is 0. The largest absolute Gasteiger partial charge is 0.0616 e. The minimum absolute atomic E-state index is 1.34. The summed E-state index contributed by atoms with van der Waals surface area (Å²) in [7, 11) is 0. The summed E-state index contributed by atoms with van der Waals surface area (Å²) in [4.78, 5) is 0. The maximum absolute atomic E-state index is 2.33. The zero-order valence-corrected chi connectivity index (χ0v) is 42.9. The van der Waals surface area contributed by atoms with Crippen molar-refractivity contribution in [1.82, 2.24) is 0 Å². The van der Waals surface area contributed by atoms with Crippen LogP contribution in [0.1, 0.15) is 33.4 Å². The highest BCUT2D eigenvalue weighted by molar-refractivity contribution is 6.26. The zero-order chi connectivity index (χ0) is 50.2. The molecule has 0 atom stereocenters. The van der Waals surface area contributed by atoms with Crippen molar-refractivity contribution < 1.29 is 0 Å². The van der Waals surface area contributed by atoms with Gasteiger partial charge in [-0.25, -0.2) is 0 Å². The van der Waals surface area contributed by atoms with Crippen molar-refractivity contribution in [2.24, 2.45) is 0 Å². The second-order valence-corrected chi connectivity index (χ2v) is 20.5. The van der Waals surface area contributed by atoms with Gasteiger partial charge in [0, 0.05) is 0 Å². The molecule has 0 spiro atoms. The topological polar surface area (TPSA) is 0 Å². The van der Waals surface area contributed by atoms with E-state index in [-0.39, 0.29) is 0 Å². The van der Waals surface area contributed by atoms with Gasteiger partial charge >= 0.3 is 0 Å². The summed E-state index contributed by atoms with van der Waals surface area (Å²) in [5.41, 5.74) is 19.4. The van der Waals surface area contributed by atoms with Gasteiger partial charge in [0.25, 0.3) is 0 Å². The van der Waals surface area contributed by atoms with E-state index in [0.717, 1.165) is 0 Å². The average Bonchev–Trinajstić information content (AvgIpc) is 3.96. The van der Waals surface area contributed by atoms with Crippen molar-refractivity contribution in [3.8, 4) is 44.5 Å². The van der Waals surface area contributed by atoms with Crippen LogP contribution in [-0.4, -0.2) is 0 Å². The highest BCUT2D eigenvalue weighted by Crippen LogP contribution is 2.50. The monoisotopic (exact) mass is 944 g/mol. The molecule has 0 unspecified atom stereocenters. The molecule has 16 rings (SSSR count). The molecule has 0 heteroatoms. The van der Waals surface area contributed by atoms with Crippen molar-refractivity contribution in [3.63, 3.8) is 0 Å². The Kier molecular flexibility index (Phi) is 11.0. The standard InChI is InChI=1S/C20H16.2C18H14.C18H12/c1-13-11-19-17-9-5-3-7-15(17)16-8-4-6-10-18(16)20(19)12-14(13)2;1-11-9-16-14-7-3-5-13-6-4-8-15(18(13)14)17(16)10-12(11)2;1-11-9-10-15-14-7-3-5-13-6-4-8-16(18(13)14)17(15)12(11)2;1-2-8-14-13(7-1)15-9-3-4-11-17(15)18-12-6-5-10-16(14)18/h3-12H,1-2H3;2*3-10H,1-2H3;1-12H. The van der Waals surface area contributed by atoms with Crippen LogP contribution < -0.4 is 0 Å². The van der Waals surface area contributed by atoms with Crippen molar-refractivity contribution in [3.05, 3.63) is 264 Å². The van der Waals surface area contributed by atoms with E-state index in [1.165, 1.54) is 164 Å². The van der Waals surface area contributed by atoms with Crippen molar-refractivity contribution in [2.45, 2.75) is 41.5 Å². The van der Waals surface area contributed by atoms with Crippen LogP contribution in [0.15, 0.2) is 231 Å². The molecule has 352 valence electrons. The van der Waals surface area contributed by atoms with E-state index < -0.39 is 0 Å². The van der Waals surface area contributed by atoms with E-state index in [1.54, 1.807) is 0 Å². The lowest BCUT2D eigenvalue weighted by Gasteiger charge is -2.12. The van der Waals surface area contributed by atoms with Gasteiger partial charge in [-0.15, -0.1) is 0 Å². The normalized spacial score (nSPS) is 11.6. The number of benzene rings is 14. The maximum atomic E-state index is 2.33. The molecule has 0 nitrogen and oxygen atoms in total. The zero-order valence-electron chi connectivity index (χ0n) is 42.9. The first-order valence-corrected chi connectivity index (χ1v) is 26.1. The Labute approximate surface area is 433 Å². The quantitative estimate of drug-likeness (QED) is 0.133. The minimum atomic E-state index is 1.34. The van der Waals surface area contributed by atoms with E-state index in [1.807, 2.05) is 0 Å². The Morgan fingerprint density at radius 3 is 0.824 bits per heavy atom. The van der Waals surface area contributed by atoms with Gasteiger partial charge in [-0.2, -0.15) is 0 Å². The van der Waals surface area contributed by atoms with E-state index in [0.29, 0.717) is 0 Å². The van der Waals surface area contributed by atoms with E-state index in [9.17, 15) is 0 Å². The van der Waals surface area contributed by atoms with Crippen molar-refractivity contribution in [2.75, 3.05) is 0 Å². The minimum Gasteiger partial charge on any atom is -0.0616 e. The SMILES string of the molecule is Cc1cc2c(cc1C)-c1cccc3cccc-2c13.Cc1cc2c3ccccc3c3ccccc3c2cc1C.Cc1ccc2c(c1C)-c1cccc3cccc-2c13.c1ccc2c(c1)c1ccccc1c1ccccc21. The van der Waals surface area contributed by atoms with Crippen LogP contribution in [0.25, 0.3) is 131 Å². The Balaban J connectivity index is 0.0000000953. The lowest BCUT2D eigenvalue weighted by Crippen LogP contribution is -1.86. The van der Waals surface area contributed by atoms with Crippen LogP contribution in [0, 0.1) is 41.5 Å². The first kappa shape index (κ1) is 45.1. The smallest absolute Gasteiger partial charge is 0.00263 e. The van der Waals surface area contributed by atoms with Gasteiger partial charge in [-0.3, -0.25) is 0 Å². The molecule has 0 saturated heterocycles. The average molecular weight is 945 g/mol. The first-order valence-electron chi connectivity index (χ1n) is 26.1. The van der Waals surface area contributed by atoms with Crippen LogP contribution in [0.4, 0.5) is 0 Å². The highest BCUT2D eigenvalue weighted by atomic mass is 14.3. The van der Waals surface area contributed by atoms with Gasteiger partial charge in [0.05, 0.1) is 0 Å². The fraction of sp³-hybridized carbons (Fsp3) is 0.0811. The van der Waals surface area contributed by atoms with Crippen LogP contribution in [0.5, 0.6) is 0 Å². The van der Waals surface area contributed by atoms with Crippen LogP contribution in [0.3, 0.4) is 0 Å². The molecule has 0 heterocycles. The number of rotatable bonds is 0. The molecular formula is C74H56. The van der Waals surface area contributed by atoms with Gasteiger partial charge in [-0.05, 0) is 206 Å². The fourth-order valence-electron chi connectivity index (χ4n) is 12.2. The predicted molar refractivity (Wildman–Crippen MR) is 323 cm³/mol. The second kappa shape index (κ2) is 18.0. The predicted octanol–water partition coefficient (Wildman–Crippen LogP) is 21.1. The molecule has 0 radical (unpaired) electrons. The molecule has 0 amide bonds. The Morgan fingerprint density at radius 2 is 0.473 bits per heavy atom. The Bertz CT molecular complexity index is 4220. The third-order valence-corrected chi connectivity index (χ3v) is 16.3. The molecular weight excluding hydrogens is 889 g/mol. The van der Waals surface area contributed by atoms with Gasteiger partial charge in [0.1, 0.15) is 0 Å². The molecule has 0 N–H and O–H groups in total. The molecule has 0 bridgehead atoms. The number of fused-ring (bicyclic) bond motifs is 18. The maximum Gasteiger partial charge on any atom is -0.00263 e. The fourth-order valence-corrected chi connectivity index (χ4v) is 12.2. The molecule has 0 saturated carbocycles.